The van der Waals surface area contributed by atoms with Crippen molar-refractivity contribution in [2.24, 2.45) is 5.92 Å². The monoisotopic (exact) mass is 296 g/mol. The van der Waals surface area contributed by atoms with E-state index in [4.69, 9.17) is 4.74 Å². The molecule has 3 aliphatic heterocycles. The first kappa shape index (κ1) is 15.1. The minimum Gasteiger partial charge on any atom is -0.496 e. The average molecular weight is 297 g/mol. The van der Waals surface area contributed by atoms with Gasteiger partial charge in [0.15, 0.2) is 0 Å². The van der Waals surface area contributed by atoms with Crippen LogP contribution >= 0.6 is 12.4 Å². The third kappa shape index (κ3) is 2.91. The van der Waals surface area contributed by atoms with E-state index in [2.05, 4.69) is 10.2 Å². The third-order valence-corrected chi connectivity index (χ3v) is 4.32. The fraction of sp³-hybridized carbons (Fsp3) is 0.533. The molecule has 0 radical (unpaired) electrons. The van der Waals surface area contributed by atoms with Gasteiger partial charge in [-0.05, 0) is 44.0 Å². The zero-order valence-corrected chi connectivity index (χ0v) is 12.5. The number of nitrogens with one attached hydrogen (secondary N) is 1. The highest BCUT2D eigenvalue weighted by atomic mass is 35.5. The van der Waals surface area contributed by atoms with E-state index in [0.717, 1.165) is 6.54 Å². The van der Waals surface area contributed by atoms with Crippen molar-refractivity contribution < 1.29 is 9.53 Å². The molecule has 1 N–H and O–H groups in total. The number of carbonyl (C=O) groups excluding carboxylic acids is 1. The third-order valence-electron chi connectivity index (χ3n) is 4.32. The Morgan fingerprint density at radius 3 is 2.60 bits per heavy atom. The molecular weight excluding hydrogens is 276 g/mol. The Morgan fingerprint density at radius 2 is 2.00 bits per heavy atom. The van der Waals surface area contributed by atoms with Crippen LogP contribution in [0.5, 0.6) is 5.75 Å². The van der Waals surface area contributed by atoms with Gasteiger partial charge in [0.25, 0.3) is 5.91 Å². The molecule has 0 spiro atoms. The Bertz CT molecular complexity index is 473. The van der Waals surface area contributed by atoms with Crippen molar-refractivity contribution >= 4 is 18.3 Å². The van der Waals surface area contributed by atoms with E-state index in [9.17, 15) is 4.79 Å². The van der Waals surface area contributed by atoms with Gasteiger partial charge in [-0.3, -0.25) is 4.79 Å². The van der Waals surface area contributed by atoms with Crippen molar-refractivity contribution in [1.29, 1.82) is 0 Å². The topological polar surface area (TPSA) is 41.6 Å². The largest absolute Gasteiger partial charge is 0.496 e. The van der Waals surface area contributed by atoms with Crippen LogP contribution in [0.1, 0.15) is 23.2 Å². The zero-order valence-electron chi connectivity index (χ0n) is 11.7. The second kappa shape index (κ2) is 6.46. The molecule has 1 amide bonds. The number of piperidine rings is 3. The van der Waals surface area contributed by atoms with E-state index in [0.29, 0.717) is 23.3 Å². The molecule has 1 aromatic rings. The maximum absolute atomic E-state index is 12.4. The van der Waals surface area contributed by atoms with Crippen LogP contribution in [0.3, 0.4) is 0 Å². The van der Waals surface area contributed by atoms with Crippen molar-refractivity contribution in [3.05, 3.63) is 29.8 Å². The summed E-state index contributed by atoms with van der Waals surface area (Å²) in [5.41, 5.74) is 0.626. The molecule has 1 unspecified atom stereocenters. The summed E-state index contributed by atoms with van der Waals surface area (Å²) in [5, 5.41) is 3.18. The molecule has 2 bridgehead atoms. The minimum atomic E-state index is -0.0174. The Labute approximate surface area is 125 Å². The molecule has 20 heavy (non-hydrogen) atoms. The smallest absolute Gasteiger partial charge is 0.255 e. The van der Waals surface area contributed by atoms with Crippen molar-refractivity contribution in [3.63, 3.8) is 0 Å². The molecule has 5 heteroatoms. The first-order valence-electron chi connectivity index (χ1n) is 6.94. The number of carbonyl (C=O) groups is 1. The number of methoxy groups -OCH3 is 1. The lowest BCUT2D eigenvalue weighted by Crippen LogP contribution is -2.57. The minimum absolute atomic E-state index is 0. The quantitative estimate of drug-likeness (QED) is 0.927. The van der Waals surface area contributed by atoms with E-state index in [1.54, 1.807) is 7.11 Å². The molecule has 0 saturated carbocycles. The number of hydrogen-bond acceptors (Lipinski definition) is 3. The van der Waals surface area contributed by atoms with Crippen molar-refractivity contribution in [3.8, 4) is 5.75 Å². The number of fused-ring (bicyclic) bond motifs is 3. The highest BCUT2D eigenvalue weighted by molar-refractivity contribution is 5.97. The Hall–Kier alpha value is -1.26. The lowest BCUT2D eigenvalue weighted by molar-refractivity contribution is 0.0619. The molecule has 0 aliphatic carbocycles. The predicted molar refractivity (Wildman–Crippen MR) is 80.7 cm³/mol. The molecule has 3 aliphatic rings. The fourth-order valence-electron chi connectivity index (χ4n) is 3.21. The van der Waals surface area contributed by atoms with Gasteiger partial charge in [-0.15, -0.1) is 12.4 Å². The van der Waals surface area contributed by atoms with Crippen LogP contribution in [0.2, 0.25) is 0 Å². The van der Waals surface area contributed by atoms with Gasteiger partial charge < -0.3 is 15.0 Å². The first-order chi connectivity index (χ1) is 9.28. The van der Waals surface area contributed by atoms with Gasteiger partial charge in [0.05, 0.1) is 12.7 Å². The number of rotatable bonds is 3. The number of amides is 1. The summed E-state index contributed by atoms with van der Waals surface area (Å²) in [4.78, 5) is 14.8. The first-order valence-corrected chi connectivity index (χ1v) is 6.94. The molecule has 1 aromatic carbocycles. The van der Waals surface area contributed by atoms with E-state index in [-0.39, 0.29) is 18.3 Å². The SMILES string of the molecule is COc1ccccc1C(=O)NC1CN2CCC1CC2.Cl. The van der Waals surface area contributed by atoms with Gasteiger partial charge in [-0.1, -0.05) is 12.1 Å². The maximum atomic E-state index is 12.4. The number of hydrogen-bond donors (Lipinski definition) is 1. The van der Waals surface area contributed by atoms with Gasteiger partial charge in [0.1, 0.15) is 5.75 Å². The standard InChI is InChI=1S/C15H20N2O2.ClH/c1-19-14-5-3-2-4-12(14)15(18)16-13-10-17-8-6-11(13)7-9-17;/h2-5,11,13H,6-10H2,1H3,(H,16,18);1H. The highest BCUT2D eigenvalue weighted by Crippen LogP contribution is 2.28. The summed E-state index contributed by atoms with van der Waals surface area (Å²) < 4.78 is 5.25. The van der Waals surface area contributed by atoms with Crippen molar-refractivity contribution in [2.45, 2.75) is 18.9 Å². The molecule has 4 rings (SSSR count). The van der Waals surface area contributed by atoms with Crippen LogP contribution in [0.25, 0.3) is 0 Å². The summed E-state index contributed by atoms with van der Waals surface area (Å²) in [6.07, 6.45) is 2.41. The van der Waals surface area contributed by atoms with Crippen LogP contribution in [-0.2, 0) is 0 Å². The van der Waals surface area contributed by atoms with E-state index in [1.807, 2.05) is 24.3 Å². The average Bonchev–Trinajstić information content (AvgIpc) is 2.48. The summed E-state index contributed by atoms with van der Waals surface area (Å²) in [6.45, 7) is 3.36. The lowest BCUT2D eigenvalue weighted by atomic mass is 9.84. The van der Waals surface area contributed by atoms with Gasteiger partial charge >= 0.3 is 0 Å². The lowest BCUT2D eigenvalue weighted by Gasteiger charge is -2.44. The predicted octanol–water partition coefficient (Wildman–Crippen LogP) is 1.94. The van der Waals surface area contributed by atoms with Crippen LogP contribution in [-0.4, -0.2) is 43.6 Å². The van der Waals surface area contributed by atoms with Crippen LogP contribution in [0.15, 0.2) is 24.3 Å². The summed E-state index contributed by atoms with van der Waals surface area (Å²) >= 11 is 0. The number of halogens is 1. The molecule has 4 nitrogen and oxygen atoms in total. The van der Waals surface area contributed by atoms with Crippen LogP contribution in [0.4, 0.5) is 0 Å². The fourth-order valence-corrected chi connectivity index (χ4v) is 3.21. The van der Waals surface area contributed by atoms with E-state index < -0.39 is 0 Å². The number of nitrogens with zero attached hydrogens (tertiary/aromatic N) is 1. The van der Waals surface area contributed by atoms with E-state index >= 15 is 0 Å². The summed E-state index contributed by atoms with van der Waals surface area (Å²) in [6, 6.07) is 7.68. The number of ether oxygens (including phenoxy) is 1. The molecule has 110 valence electrons. The molecule has 3 saturated heterocycles. The van der Waals surface area contributed by atoms with Crippen molar-refractivity contribution in [2.75, 3.05) is 26.7 Å². The zero-order chi connectivity index (χ0) is 13.2. The molecular formula is C15H21ClN2O2. The Morgan fingerprint density at radius 1 is 1.30 bits per heavy atom. The van der Waals surface area contributed by atoms with Crippen LogP contribution < -0.4 is 10.1 Å². The van der Waals surface area contributed by atoms with Crippen LogP contribution in [0, 0.1) is 5.92 Å². The second-order valence-corrected chi connectivity index (χ2v) is 5.42. The summed E-state index contributed by atoms with van der Waals surface area (Å²) in [7, 11) is 1.60. The number of benzene rings is 1. The van der Waals surface area contributed by atoms with Crippen molar-refractivity contribution in [1.82, 2.24) is 10.2 Å². The highest BCUT2D eigenvalue weighted by Gasteiger charge is 2.35. The molecule has 3 fully saturated rings. The van der Waals surface area contributed by atoms with Gasteiger partial charge in [0.2, 0.25) is 0 Å². The molecule has 3 heterocycles. The number of para-hydroxylation sites is 1. The Kier molecular flexibility index (Phi) is 4.89. The maximum Gasteiger partial charge on any atom is 0.255 e. The van der Waals surface area contributed by atoms with E-state index in [1.165, 1.54) is 25.9 Å². The Balaban J connectivity index is 0.00000147. The molecule has 1 atom stereocenters. The van der Waals surface area contributed by atoms with Gasteiger partial charge in [-0.2, -0.15) is 0 Å². The second-order valence-electron chi connectivity index (χ2n) is 5.42. The normalized spacial score (nSPS) is 27.6. The van der Waals surface area contributed by atoms with Gasteiger partial charge in [0, 0.05) is 12.6 Å². The van der Waals surface area contributed by atoms with Gasteiger partial charge in [-0.25, -0.2) is 0 Å². The molecule has 0 aromatic heterocycles. The summed E-state index contributed by atoms with van der Waals surface area (Å²) in [5.74, 6) is 1.26.